The second-order valence-corrected chi connectivity index (χ2v) is 8.16. The molecule has 4 rings (SSSR count). The molecule has 150 valence electrons. The van der Waals surface area contributed by atoms with Crippen LogP contribution >= 0.6 is 0 Å². The lowest BCUT2D eigenvalue weighted by atomic mass is 9.73. The summed E-state index contributed by atoms with van der Waals surface area (Å²) in [4.78, 5) is 12.7. The van der Waals surface area contributed by atoms with E-state index < -0.39 is 5.41 Å². The van der Waals surface area contributed by atoms with E-state index >= 15 is 0 Å². The molecule has 1 unspecified atom stereocenters. The quantitative estimate of drug-likeness (QED) is 0.439. The molecule has 0 spiro atoms. The van der Waals surface area contributed by atoms with E-state index in [0.29, 0.717) is 13.0 Å². The summed E-state index contributed by atoms with van der Waals surface area (Å²) in [6, 6.07) is 14.9. The predicted octanol–water partition coefficient (Wildman–Crippen LogP) is 5.24. The SMILES string of the molecule is CCOC(=O)CC(C)(c1cn(C)c2ccccc12)c1cn(C)c2cc(C)ccc12. The van der Waals surface area contributed by atoms with Crippen LogP contribution in [0.3, 0.4) is 0 Å². The average molecular weight is 389 g/mol. The molecule has 0 radical (unpaired) electrons. The minimum absolute atomic E-state index is 0.174. The summed E-state index contributed by atoms with van der Waals surface area (Å²) >= 11 is 0. The van der Waals surface area contributed by atoms with Gasteiger partial charge in [-0.3, -0.25) is 4.79 Å². The van der Waals surface area contributed by atoms with Crippen molar-refractivity contribution in [3.05, 3.63) is 71.5 Å². The maximum Gasteiger partial charge on any atom is 0.307 e. The first-order chi connectivity index (χ1) is 13.8. The molecule has 1 atom stereocenters. The normalized spacial score (nSPS) is 13.7. The van der Waals surface area contributed by atoms with Crippen LogP contribution in [0, 0.1) is 6.92 Å². The molecule has 0 aliphatic carbocycles. The maximum atomic E-state index is 12.7. The molecule has 0 aliphatic rings. The molecule has 2 aromatic heterocycles. The number of hydrogen-bond acceptors (Lipinski definition) is 2. The number of carbonyl (C=O) groups excluding carboxylic acids is 1. The van der Waals surface area contributed by atoms with Crippen molar-refractivity contribution in [1.29, 1.82) is 0 Å². The third kappa shape index (κ3) is 3.13. The van der Waals surface area contributed by atoms with E-state index in [0.717, 1.165) is 16.6 Å². The first kappa shape index (κ1) is 19.3. The highest BCUT2D eigenvalue weighted by molar-refractivity contribution is 5.91. The van der Waals surface area contributed by atoms with E-state index in [1.807, 2.05) is 6.92 Å². The number of aryl methyl sites for hydroxylation is 3. The van der Waals surface area contributed by atoms with Gasteiger partial charge in [-0.15, -0.1) is 0 Å². The van der Waals surface area contributed by atoms with Crippen molar-refractivity contribution >= 4 is 27.8 Å². The Morgan fingerprint density at radius 2 is 1.59 bits per heavy atom. The van der Waals surface area contributed by atoms with Crippen molar-refractivity contribution in [3.8, 4) is 0 Å². The van der Waals surface area contributed by atoms with Crippen molar-refractivity contribution in [1.82, 2.24) is 9.13 Å². The molecule has 2 aromatic carbocycles. The highest BCUT2D eigenvalue weighted by Gasteiger charge is 2.37. The Kier molecular flexibility index (Phi) is 4.73. The van der Waals surface area contributed by atoms with Gasteiger partial charge in [-0.1, -0.05) is 37.3 Å². The lowest BCUT2D eigenvalue weighted by Gasteiger charge is -2.29. The molecule has 4 heteroatoms. The fraction of sp³-hybridized carbons (Fsp3) is 0.320. The maximum absolute atomic E-state index is 12.7. The molecular weight excluding hydrogens is 360 g/mol. The number of rotatable bonds is 5. The number of nitrogens with zero attached hydrogens (tertiary/aromatic N) is 2. The lowest BCUT2D eigenvalue weighted by molar-refractivity contribution is -0.144. The minimum Gasteiger partial charge on any atom is -0.466 e. The molecule has 29 heavy (non-hydrogen) atoms. The molecule has 4 nitrogen and oxygen atoms in total. The minimum atomic E-state index is -0.512. The van der Waals surface area contributed by atoms with Gasteiger partial charge in [-0.25, -0.2) is 0 Å². The Morgan fingerprint density at radius 1 is 0.966 bits per heavy atom. The second-order valence-electron chi connectivity index (χ2n) is 8.16. The number of para-hydroxylation sites is 1. The number of fused-ring (bicyclic) bond motifs is 2. The molecule has 4 aromatic rings. The van der Waals surface area contributed by atoms with Gasteiger partial charge in [0.25, 0.3) is 0 Å². The summed E-state index contributed by atoms with van der Waals surface area (Å²) < 4.78 is 9.69. The van der Waals surface area contributed by atoms with E-state index in [1.54, 1.807) is 0 Å². The highest BCUT2D eigenvalue weighted by Crippen LogP contribution is 2.43. The largest absolute Gasteiger partial charge is 0.466 e. The molecule has 0 aliphatic heterocycles. The van der Waals surface area contributed by atoms with Gasteiger partial charge < -0.3 is 13.9 Å². The Balaban J connectivity index is 2.01. The van der Waals surface area contributed by atoms with Crippen molar-refractivity contribution < 1.29 is 9.53 Å². The average Bonchev–Trinajstić information content (AvgIpc) is 3.20. The summed E-state index contributed by atoms with van der Waals surface area (Å²) in [5.41, 5.74) is 5.35. The van der Waals surface area contributed by atoms with Crippen LogP contribution in [0.15, 0.2) is 54.9 Å². The van der Waals surface area contributed by atoms with Crippen LogP contribution in [-0.2, 0) is 29.0 Å². The summed E-state index contributed by atoms with van der Waals surface area (Å²) in [5.74, 6) is -0.174. The topological polar surface area (TPSA) is 36.2 Å². The van der Waals surface area contributed by atoms with Gasteiger partial charge in [0.2, 0.25) is 0 Å². The summed E-state index contributed by atoms with van der Waals surface area (Å²) in [6.07, 6.45) is 4.63. The van der Waals surface area contributed by atoms with E-state index in [9.17, 15) is 4.79 Å². The third-order valence-electron chi connectivity index (χ3n) is 6.04. The van der Waals surface area contributed by atoms with Gasteiger partial charge in [0.05, 0.1) is 13.0 Å². The standard InChI is InChI=1S/C25H28N2O2/c1-6-29-24(28)14-25(3,20-15-26(4)22-10-8-7-9-18(20)22)21-16-27(5)23-13-17(2)11-12-19(21)23/h7-13,15-16H,6,14H2,1-5H3. The van der Waals surface area contributed by atoms with Crippen LogP contribution in [0.5, 0.6) is 0 Å². The second kappa shape index (κ2) is 7.11. The van der Waals surface area contributed by atoms with E-state index in [4.69, 9.17) is 4.74 Å². The summed E-state index contributed by atoms with van der Waals surface area (Å²) in [6.45, 7) is 6.52. The van der Waals surface area contributed by atoms with Crippen LogP contribution in [0.25, 0.3) is 21.8 Å². The molecule has 0 saturated heterocycles. The molecule has 0 saturated carbocycles. The van der Waals surface area contributed by atoms with Crippen molar-refractivity contribution in [3.63, 3.8) is 0 Å². The molecule has 0 bridgehead atoms. The first-order valence-corrected chi connectivity index (χ1v) is 10.1. The Bertz CT molecular complexity index is 1210. The van der Waals surface area contributed by atoms with Gasteiger partial charge in [0, 0.05) is 53.7 Å². The fourth-order valence-corrected chi connectivity index (χ4v) is 4.55. The van der Waals surface area contributed by atoms with Crippen LogP contribution in [-0.4, -0.2) is 21.7 Å². The Labute approximate surface area is 171 Å². The van der Waals surface area contributed by atoms with Crippen LogP contribution in [0.2, 0.25) is 0 Å². The van der Waals surface area contributed by atoms with Gasteiger partial charge >= 0.3 is 5.97 Å². The highest BCUT2D eigenvalue weighted by atomic mass is 16.5. The fourth-order valence-electron chi connectivity index (χ4n) is 4.55. The molecule has 0 amide bonds. The van der Waals surface area contributed by atoms with Gasteiger partial charge in [-0.05, 0) is 42.7 Å². The molecule has 0 fully saturated rings. The van der Waals surface area contributed by atoms with Crippen molar-refractivity contribution in [2.75, 3.05) is 6.61 Å². The van der Waals surface area contributed by atoms with Crippen LogP contribution in [0.4, 0.5) is 0 Å². The lowest BCUT2D eigenvalue weighted by Crippen LogP contribution is -2.28. The summed E-state index contributed by atoms with van der Waals surface area (Å²) in [7, 11) is 4.13. The number of carbonyl (C=O) groups is 1. The molecular formula is C25H28N2O2. The summed E-state index contributed by atoms with van der Waals surface area (Å²) in [5, 5.41) is 2.35. The zero-order valence-electron chi connectivity index (χ0n) is 17.8. The number of benzene rings is 2. The number of aromatic nitrogens is 2. The van der Waals surface area contributed by atoms with Gasteiger partial charge in [0.15, 0.2) is 0 Å². The van der Waals surface area contributed by atoms with Gasteiger partial charge in [0.1, 0.15) is 0 Å². The van der Waals surface area contributed by atoms with Crippen molar-refractivity contribution in [2.24, 2.45) is 14.1 Å². The number of hydrogen-bond donors (Lipinski definition) is 0. The smallest absolute Gasteiger partial charge is 0.307 e. The van der Waals surface area contributed by atoms with E-state index in [1.165, 1.54) is 21.9 Å². The zero-order valence-corrected chi connectivity index (χ0v) is 17.8. The number of esters is 1. The monoisotopic (exact) mass is 388 g/mol. The van der Waals surface area contributed by atoms with Crippen LogP contribution in [0.1, 0.15) is 37.0 Å². The predicted molar refractivity (Wildman–Crippen MR) is 118 cm³/mol. The van der Waals surface area contributed by atoms with Crippen LogP contribution < -0.4 is 0 Å². The van der Waals surface area contributed by atoms with E-state index in [-0.39, 0.29) is 5.97 Å². The first-order valence-electron chi connectivity index (χ1n) is 10.1. The van der Waals surface area contributed by atoms with E-state index in [2.05, 4.69) is 91.9 Å². The number of ether oxygens (including phenoxy) is 1. The molecule has 2 heterocycles. The van der Waals surface area contributed by atoms with Crippen molar-refractivity contribution in [2.45, 2.75) is 32.6 Å². The Hall–Kier alpha value is -3.01. The zero-order chi connectivity index (χ0) is 20.8. The Morgan fingerprint density at radius 3 is 2.28 bits per heavy atom. The van der Waals surface area contributed by atoms with Gasteiger partial charge in [-0.2, -0.15) is 0 Å². The molecule has 0 N–H and O–H groups in total. The third-order valence-corrected chi connectivity index (χ3v) is 6.04.